The molecule has 0 fully saturated rings. The molecule has 0 saturated heterocycles. The van der Waals surface area contributed by atoms with Crippen LogP contribution in [0.25, 0.3) is 0 Å². The second-order valence-corrected chi connectivity index (χ2v) is 5.28. The predicted molar refractivity (Wildman–Crippen MR) is 78.0 cm³/mol. The maximum atomic E-state index is 13.7. The molecule has 0 bridgehead atoms. The third-order valence-electron chi connectivity index (χ3n) is 2.88. The predicted octanol–water partition coefficient (Wildman–Crippen LogP) is 3.57. The zero-order valence-electron chi connectivity index (χ0n) is 10.8. The lowest BCUT2D eigenvalue weighted by Gasteiger charge is -2.18. The number of benzene rings is 2. The molecule has 0 aliphatic carbocycles. The van der Waals surface area contributed by atoms with Gasteiger partial charge in [-0.1, -0.05) is 18.2 Å². The van der Waals surface area contributed by atoms with Gasteiger partial charge in [0, 0.05) is 18.1 Å². The van der Waals surface area contributed by atoms with Crippen LogP contribution in [0.2, 0.25) is 0 Å². The number of phenols is 1. The molecule has 0 spiro atoms. The van der Waals surface area contributed by atoms with Crippen molar-refractivity contribution in [2.75, 3.05) is 7.05 Å². The van der Waals surface area contributed by atoms with E-state index in [1.807, 2.05) is 0 Å². The van der Waals surface area contributed by atoms with Crippen molar-refractivity contribution in [3.05, 3.63) is 63.9 Å². The van der Waals surface area contributed by atoms with Crippen molar-refractivity contribution in [1.82, 2.24) is 4.90 Å². The van der Waals surface area contributed by atoms with E-state index in [9.17, 15) is 14.3 Å². The van der Waals surface area contributed by atoms with E-state index in [2.05, 4.69) is 15.9 Å². The first kappa shape index (κ1) is 14.5. The first-order valence-corrected chi connectivity index (χ1v) is 6.75. The van der Waals surface area contributed by atoms with Crippen LogP contribution in [0, 0.1) is 5.82 Å². The van der Waals surface area contributed by atoms with Crippen LogP contribution in [0.15, 0.2) is 46.9 Å². The summed E-state index contributed by atoms with van der Waals surface area (Å²) in [4.78, 5) is 13.7. The van der Waals surface area contributed by atoms with E-state index in [4.69, 9.17) is 0 Å². The lowest BCUT2D eigenvalue weighted by Crippen LogP contribution is -2.27. The van der Waals surface area contributed by atoms with Gasteiger partial charge in [-0.05, 0) is 45.8 Å². The Labute approximate surface area is 124 Å². The monoisotopic (exact) mass is 337 g/mol. The SMILES string of the molecule is CN(Cc1ccc(O)cc1)C(=O)c1c(F)cccc1Br. The Hall–Kier alpha value is -1.88. The second-order valence-electron chi connectivity index (χ2n) is 4.42. The van der Waals surface area contributed by atoms with E-state index in [1.54, 1.807) is 37.4 Å². The molecule has 1 amide bonds. The van der Waals surface area contributed by atoms with Crippen LogP contribution in [-0.2, 0) is 6.54 Å². The molecule has 20 heavy (non-hydrogen) atoms. The normalized spacial score (nSPS) is 10.3. The van der Waals surface area contributed by atoms with Gasteiger partial charge in [0.1, 0.15) is 11.6 Å². The summed E-state index contributed by atoms with van der Waals surface area (Å²) in [5, 5.41) is 9.21. The summed E-state index contributed by atoms with van der Waals surface area (Å²) in [6.07, 6.45) is 0. The van der Waals surface area contributed by atoms with E-state index in [-0.39, 0.29) is 11.3 Å². The van der Waals surface area contributed by atoms with Crippen molar-refractivity contribution < 1.29 is 14.3 Å². The molecule has 104 valence electrons. The maximum Gasteiger partial charge on any atom is 0.258 e. The van der Waals surface area contributed by atoms with Gasteiger partial charge in [-0.25, -0.2) is 4.39 Å². The summed E-state index contributed by atoms with van der Waals surface area (Å²) in [6, 6.07) is 11.0. The molecule has 0 atom stereocenters. The van der Waals surface area contributed by atoms with Crippen LogP contribution in [0.3, 0.4) is 0 Å². The summed E-state index contributed by atoms with van der Waals surface area (Å²) < 4.78 is 14.2. The Balaban J connectivity index is 2.18. The molecule has 2 aromatic rings. The fourth-order valence-corrected chi connectivity index (χ4v) is 2.35. The highest BCUT2D eigenvalue weighted by atomic mass is 79.9. The first-order chi connectivity index (χ1) is 9.49. The number of aromatic hydroxyl groups is 1. The van der Waals surface area contributed by atoms with Crippen molar-refractivity contribution in [3.63, 3.8) is 0 Å². The van der Waals surface area contributed by atoms with Gasteiger partial charge in [0.05, 0.1) is 5.56 Å². The number of phenolic OH excluding ortho intramolecular Hbond substituents is 1. The lowest BCUT2D eigenvalue weighted by atomic mass is 10.1. The van der Waals surface area contributed by atoms with Gasteiger partial charge in [0.2, 0.25) is 0 Å². The van der Waals surface area contributed by atoms with Crippen molar-refractivity contribution in [1.29, 1.82) is 0 Å². The largest absolute Gasteiger partial charge is 0.508 e. The van der Waals surface area contributed by atoms with Crippen LogP contribution in [-0.4, -0.2) is 23.0 Å². The molecule has 0 aromatic heterocycles. The van der Waals surface area contributed by atoms with Gasteiger partial charge in [-0.15, -0.1) is 0 Å². The van der Waals surface area contributed by atoms with Crippen molar-refractivity contribution >= 4 is 21.8 Å². The average Bonchev–Trinajstić information content (AvgIpc) is 2.41. The maximum absolute atomic E-state index is 13.7. The summed E-state index contributed by atoms with van der Waals surface area (Å²) in [7, 11) is 1.61. The highest BCUT2D eigenvalue weighted by Gasteiger charge is 2.19. The highest BCUT2D eigenvalue weighted by Crippen LogP contribution is 2.22. The molecule has 3 nitrogen and oxygen atoms in total. The van der Waals surface area contributed by atoms with Gasteiger partial charge < -0.3 is 10.0 Å². The summed E-state index contributed by atoms with van der Waals surface area (Å²) >= 11 is 3.19. The Bertz CT molecular complexity index is 608. The van der Waals surface area contributed by atoms with Gasteiger partial charge in [0.25, 0.3) is 5.91 Å². The fourth-order valence-electron chi connectivity index (χ4n) is 1.84. The van der Waals surface area contributed by atoms with Crippen molar-refractivity contribution in [2.45, 2.75) is 6.54 Å². The van der Waals surface area contributed by atoms with Crippen molar-refractivity contribution in [3.8, 4) is 5.75 Å². The Morgan fingerprint density at radius 1 is 1.25 bits per heavy atom. The molecule has 0 unspecified atom stereocenters. The van der Waals surface area contributed by atoms with E-state index < -0.39 is 11.7 Å². The Morgan fingerprint density at radius 2 is 1.90 bits per heavy atom. The van der Waals surface area contributed by atoms with Gasteiger partial charge in [-0.2, -0.15) is 0 Å². The summed E-state index contributed by atoms with van der Waals surface area (Å²) in [6.45, 7) is 0.333. The highest BCUT2D eigenvalue weighted by molar-refractivity contribution is 9.10. The molecule has 0 radical (unpaired) electrons. The molecule has 2 rings (SSSR count). The van der Waals surface area contributed by atoms with E-state index in [0.717, 1.165) is 5.56 Å². The second kappa shape index (κ2) is 6.05. The van der Waals surface area contributed by atoms with Gasteiger partial charge >= 0.3 is 0 Å². The van der Waals surface area contributed by atoms with Crippen LogP contribution < -0.4 is 0 Å². The van der Waals surface area contributed by atoms with Gasteiger partial charge in [-0.3, -0.25) is 4.79 Å². The zero-order chi connectivity index (χ0) is 14.7. The molecule has 5 heteroatoms. The zero-order valence-corrected chi connectivity index (χ0v) is 12.4. The quantitative estimate of drug-likeness (QED) is 0.930. The Kier molecular flexibility index (Phi) is 4.39. The molecule has 0 saturated carbocycles. The molecule has 1 N–H and O–H groups in total. The van der Waals surface area contributed by atoms with Crippen LogP contribution in [0.1, 0.15) is 15.9 Å². The minimum atomic E-state index is -0.554. The van der Waals surface area contributed by atoms with Crippen molar-refractivity contribution in [2.24, 2.45) is 0 Å². The number of nitrogens with zero attached hydrogens (tertiary/aromatic N) is 1. The number of rotatable bonds is 3. The third-order valence-corrected chi connectivity index (χ3v) is 3.54. The topological polar surface area (TPSA) is 40.5 Å². The number of hydrogen-bond acceptors (Lipinski definition) is 2. The number of carbonyl (C=O) groups is 1. The van der Waals surface area contributed by atoms with E-state index in [0.29, 0.717) is 11.0 Å². The number of halogens is 2. The van der Waals surface area contributed by atoms with E-state index >= 15 is 0 Å². The lowest BCUT2D eigenvalue weighted by molar-refractivity contribution is 0.0779. The van der Waals surface area contributed by atoms with Gasteiger partial charge in [0.15, 0.2) is 0 Å². The van der Waals surface area contributed by atoms with E-state index in [1.165, 1.54) is 17.0 Å². The summed E-state index contributed by atoms with van der Waals surface area (Å²) in [5.41, 5.74) is 0.875. The van der Waals surface area contributed by atoms with Crippen LogP contribution >= 0.6 is 15.9 Å². The van der Waals surface area contributed by atoms with Crippen LogP contribution in [0.5, 0.6) is 5.75 Å². The molecule has 0 aliphatic rings. The molecule has 0 heterocycles. The summed E-state index contributed by atoms with van der Waals surface area (Å²) in [5.74, 6) is -0.787. The van der Waals surface area contributed by atoms with Crippen LogP contribution in [0.4, 0.5) is 4.39 Å². The standard InChI is InChI=1S/C15H13BrFNO2/c1-18(9-10-5-7-11(19)8-6-10)15(20)14-12(16)3-2-4-13(14)17/h2-8,19H,9H2,1H3. The molecule has 0 aliphatic heterocycles. The minimum absolute atomic E-state index is 0.0220. The molecular weight excluding hydrogens is 325 g/mol. The average molecular weight is 338 g/mol. The number of hydrogen-bond donors (Lipinski definition) is 1. The first-order valence-electron chi connectivity index (χ1n) is 5.96. The molecule has 2 aromatic carbocycles. The Morgan fingerprint density at radius 3 is 2.50 bits per heavy atom. The number of amides is 1. The molecular formula is C15H13BrFNO2. The smallest absolute Gasteiger partial charge is 0.258 e. The third kappa shape index (κ3) is 3.17. The number of carbonyl (C=O) groups excluding carboxylic acids is 1. The minimum Gasteiger partial charge on any atom is -0.508 e. The fraction of sp³-hybridized carbons (Fsp3) is 0.133.